The molecular formula is C18H23N9OS2. The van der Waals surface area contributed by atoms with Crippen LogP contribution in [0, 0.1) is 3.95 Å². The van der Waals surface area contributed by atoms with Crippen LogP contribution >= 0.6 is 23.6 Å². The van der Waals surface area contributed by atoms with E-state index in [-0.39, 0.29) is 11.8 Å². The molecule has 2 aliphatic rings. The molecule has 2 aromatic rings. The number of aromatic nitrogens is 4. The van der Waals surface area contributed by atoms with Crippen LogP contribution in [0.15, 0.2) is 15.7 Å². The van der Waals surface area contributed by atoms with E-state index >= 15 is 0 Å². The molecule has 1 aliphatic carbocycles. The molecule has 4 rings (SSSR count). The van der Waals surface area contributed by atoms with Crippen LogP contribution in [0.1, 0.15) is 43.9 Å². The van der Waals surface area contributed by atoms with Gasteiger partial charge in [0.05, 0.1) is 16.8 Å². The zero-order valence-corrected chi connectivity index (χ0v) is 18.1. The summed E-state index contributed by atoms with van der Waals surface area (Å²) >= 11 is 6.65. The molecule has 0 unspecified atom stereocenters. The monoisotopic (exact) mass is 445 g/mol. The molecule has 158 valence electrons. The summed E-state index contributed by atoms with van der Waals surface area (Å²) in [7, 11) is 0. The fourth-order valence-electron chi connectivity index (χ4n) is 3.19. The minimum atomic E-state index is -0.0400. The van der Waals surface area contributed by atoms with Gasteiger partial charge in [-0.2, -0.15) is 19.6 Å². The van der Waals surface area contributed by atoms with Crippen molar-refractivity contribution in [3.8, 4) is 5.88 Å². The van der Waals surface area contributed by atoms with E-state index in [1.807, 2.05) is 0 Å². The van der Waals surface area contributed by atoms with Crippen molar-refractivity contribution in [2.75, 3.05) is 22.6 Å². The van der Waals surface area contributed by atoms with Gasteiger partial charge in [0.1, 0.15) is 6.34 Å². The van der Waals surface area contributed by atoms with Crippen LogP contribution in [0.4, 0.5) is 17.8 Å². The van der Waals surface area contributed by atoms with Gasteiger partial charge in [-0.05, 0) is 37.6 Å². The van der Waals surface area contributed by atoms with Crippen LogP contribution < -0.4 is 16.1 Å². The van der Waals surface area contributed by atoms with E-state index in [0.29, 0.717) is 32.5 Å². The molecule has 0 aromatic carbocycles. The zero-order valence-electron chi connectivity index (χ0n) is 16.5. The number of anilines is 3. The Morgan fingerprint density at radius 2 is 2.00 bits per heavy atom. The smallest absolute Gasteiger partial charge is 0.248 e. The van der Waals surface area contributed by atoms with Gasteiger partial charge in [0.15, 0.2) is 3.95 Å². The second kappa shape index (κ2) is 9.30. The lowest BCUT2D eigenvalue weighted by Crippen LogP contribution is -2.20. The van der Waals surface area contributed by atoms with E-state index in [4.69, 9.17) is 12.2 Å². The predicted molar refractivity (Wildman–Crippen MR) is 123 cm³/mol. The van der Waals surface area contributed by atoms with Crippen LogP contribution in [-0.4, -0.2) is 49.9 Å². The van der Waals surface area contributed by atoms with Crippen LogP contribution in [0.2, 0.25) is 0 Å². The first-order valence-electron chi connectivity index (χ1n) is 9.88. The predicted octanol–water partition coefficient (Wildman–Crippen LogP) is 3.67. The molecule has 4 N–H and O–H groups in total. The molecule has 10 nitrogen and oxygen atoms in total. The van der Waals surface area contributed by atoms with Crippen LogP contribution in [0.25, 0.3) is 6.08 Å². The number of thiazole rings is 1. The highest BCUT2D eigenvalue weighted by Crippen LogP contribution is 2.29. The maximum Gasteiger partial charge on any atom is 0.248 e. The van der Waals surface area contributed by atoms with Gasteiger partial charge < -0.3 is 15.7 Å². The number of aliphatic imine (C=N–C) groups is 2. The van der Waals surface area contributed by atoms with Gasteiger partial charge >= 0.3 is 0 Å². The number of hydrogen-bond acceptors (Lipinski definition) is 11. The maximum atomic E-state index is 10.6. The van der Waals surface area contributed by atoms with E-state index in [9.17, 15) is 5.11 Å². The number of nitrogens with one attached hydrogen (secondary N) is 3. The van der Waals surface area contributed by atoms with Gasteiger partial charge in [0, 0.05) is 12.6 Å². The normalized spacial score (nSPS) is 17.2. The highest BCUT2D eigenvalue weighted by molar-refractivity contribution is 7.73. The Kier molecular flexibility index (Phi) is 6.33. The lowest BCUT2D eigenvalue weighted by Gasteiger charge is -2.15. The Labute approximate surface area is 182 Å². The summed E-state index contributed by atoms with van der Waals surface area (Å²) in [5.41, 5.74) is 3.64. The van der Waals surface area contributed by atoms with Crippen LogP contribution in [0.3, 0.4) is 0 Å². The quantitative estimate of drug-likeness (QED) is 0.454. The van der Waals surface area contributed by atoms with Gasteiger partial charge in [0.2, 0.25) is 23.7 Å². The van der Waals surface area contributed by atoms with E-state index in [1.165, 1.54) is 35.2 Å². The first-order chi connectivity index (χ1) is 14.6. The summed E-state index contributed by atoms with van der Waals surface area (Å²) in [4.78, 5) is 21.9. The van der Waals surface area contributed by atoms with Crippen molar-refractivity contribution in [3.63, 3.8) is 0 Å². The number of nitrogens with zero attached hydrogens (tertiary/aromatic N) is 6. The second-order valence-electron chi connectivity index (χ2n) is 6.95. The average Bonchev–Trinajstić information content (AvgIpc) is 3.47. The molecule has 0 amide bonds. The molecule has 2 aromatic heterocycles. The van der Waals surface area contributed by atoms with Crippen molar-refractivity contribution < 1.29 is 5.11 Å². The third-order valence-electron chi connectivity index (χ3n) is 4.64. The van der Waals surface area contributed by atoms with Crippen molar-refractivity contribution in [2.45, 2.75) is 45.1 Å². The van der Waals surface area contributed by atoms with Gasteiger partial charge in [-0.15, -0.1) is 0 Å². The molecule has 3 heterocycles. The zero-order chi connectivity index (χ0) is 20.9. The summed E-state index contributed by atoms with van der Waals surface area (Å²) in [5, 5.41) is 17.2. The number of allylic oxidation sites excluding steroid dienone is 1. The van der Waals surface area contributed by atoms with Crippen molar-refractivity contribution in [1.29, 1.82) is 0 Å². The average molecular weight is 446 g/mol. The van der Waals surface area contributed by atoms with E-state index < -0.39 is 0 Å². The lowest BCUT2D eigenvalue weighted by atomic mass is 10.3. The van der Waals surface area contributed by atoms with E-state index in [0.717, 1.165) is 25.8 Å². The third kappa shape index (κ3) is 4.82. The molecule has 1 saturated carbocycles. The van der Waals surface area contributed by atoms with Crippen molar-refractivity contribution in [1.82, 2.24) is 19.6 Å². The first kappa shape index (κ1) is 20.4. The molecule has 0 radical (unpaired) electrons. The minimum Gasteiger partial charge on any atom is -0.492 e. The largest absolute Gasteiger partial charge is 0.492 e. The molecule has 12 heteroatoms. The van der Waals surface area contributed by atoms with Gasteiger partial charge in [0.25, 0.3) is 0 Å². The summed E-state index contributed by atoms with van der Waals surface area (Å²) in [6.45, 7) is 2.82. The summed E-state index contributed by atoms with van der Waals surface area (Å²) in [6, 6.07) is 0.364. The van der Waals surface area contributed by atoms with Crippen LogP contribution in [0.5, 0.6) is 5.88 Å². The molecule has 1 aliphatic heterocycles. The molecule has 0 bridgehead atoms. The highest BCUT2D eigenvalue weighted by atomic mass is 32.1. The van der Waals surface area contributed by atoms with Crippen molar-refractivity contribution in [2.24, 2.45) is 9.98 Å². The molecule has 1 fully saturated rings. The third-order valence-corrected chi connectivity index (χ3v) is 5.95. The topological polar surface area (TPSA) is 125 Å². The van der Waals surface area contributed by atoms with Crippen molar-refractivity contribution >= 4 is 60.0 Å². The summed E-state index contributed by atoms with van der Waals surface area (Å²) in [6.07, 6.45) is 10.3. The van der Waals surface area contributed by atoms with Crippen LogP contribution in [-0.2, 0) is 0 Å². The Hall–Kier alpha value is -2.86. The number of aromatic hydroxyl groups is 1. The lowest BCUT2D eigenvalue weighted by molar-refractivity contribution is 0.434. The Bertz CT molecular complexity index is 1040. The molecule has 0 saturated heterocycles. The highest BCUT2D eigenvalue weighted by Gasteiger charge is 2.18. The molecule has 0 atom stereocenters. The SMILES string of the molecule is CCCNc1nc(NC2CCCC2)nc(Nn2c(O)c(C=C3C=NC=N3)sc2=S)n1. The standard InChI is InChI=1S/C18H23N9OS2/c1-2-7-20-15-23-16(22-11-5-3-4-6-11)25-17(24-15)26-27-14(28)13(30-18(27)29)8-12-9-19-10-21-12/h8-11,28H,2-7H2,1H3,(H3,20,22,23,24,25,26). The van der Waals surface area contributed by atoms with Gasteiger partial charge in [-0.25, -0.2) is 9.98 Å². The maximum absolute atomic E-state index is 10.6. The van der Waals surface area contributed by atoms with Gasteiger partial charge in [-0.3, -0.25) is 5.43 Å². The fourth-order valence-corrected chi connectivity index (χ4v) is 4.36. The molecule has 30 heavy (non-hydrogen) atoms. The van der Waals surface area contributed by atoms with Gasteiger partial charge in [-0.1, -0.05) is 31.1 Å². The molecular weight excluding hydrogens is 422 g/mol. The fraction of sp³-hybridized carbons (Fsp3) is 0.444. The Balaban J connectivity index is 1.60. The van der Waals surface area contributed by atoms with Crippen molar-refractivity contribution in [3.05, 3.63) is 14.5 Å². The number of hydrogen-bond donors (Lipinski definition) is 4. The van der Waals surface area contributed by atoms with E-state index in [2.05, 4.69) is 47.9 Å². The first-order valence-corrected chi connectivity index (χ1v) is 11.1. The molecule has 0 spiro atoms. The Morgan fingerprint density at radius 1 is 1.23 bits per heavy atom. The summed E-state index contributed by atoms with van der Waals surface area (Å²) in [5.74, 6) is 1.21. The summed E-state index contributed by atoms with van der Waals surface area (Å²) < 4.78 is 1.80. The van der Waals surface area contributed by atoms with E-state index in [1.54, 1.807) is 12.3 Å². The minimum absolute atomic E-state index is 0.0400. The number of rotatable bonds is 8. The Morgan fingerprint density at radius 3 is 2.73 bits per heavy atom. The second-order valence-corrected chi connectivity index (χ2v) is 8.63.